The van der Waals surface area contributed by atoms with Crippen molar-refractivity contribution in [1.29, 1.82) is 0 Å². The molecule has 0 spiro atoms. The van der Waals surface area contributed by atoms with E-state index in [1.54, 1.807) is 11.3 Å². The number of para-hydroxylation sites is 1. The third kappa shape index (κ3) is 4.39. The average Bonchev–Trinajstić information content (AvgIpc) is 3.25. The van der Waals surface area contributed by atoms with Gasteiger partial charge in [0.2, 0.25) is 0 Å². The fraction of sp³-hybridized carbons (Fsp3) is 0.0370. The topological polar surface area (TPSA) is 42.0 Å². The van der Waals surface area contributed by atoms with Crippen LogP contribution in [0.25, 0.3) is 20.8 Å². The molecule has 0 aliphatic carbocycles. The molecule has 0 saturated carbocycles. The van der Waals surface area contributed by atoms with Crippen LogP contribution in [0.1, 0.15) is 21.5 Å². The molecule has 31 heavy (non-hydrogen) atoms. The van der Waals surface area contributed by atoms with Gasteiger partial charge in [-0.2, -0.15) is 0 Å². The number of benzene rings is 4. The molecule has 5 rings (SSSR count). The van der Waals surface area contributed by atoms with E-state index in [4.69, 9.17) is 4.98 Å². The lowest BCUT2D eigenvalue weighted by molar-refractivity contribution is 0.102. The first-order valence-electron chi connectivity index (χ1n) is 10.1. The summed E-state index contributed by atoms with van der Waals surface area (Å²) in [7, 11) is 0. The zero-order valence-corrected chi connectivity index (χ0v) is 17.6. The third-order valence-electron chi connectivity index (χ3n) is 5.13. The summed E-state index contributed by atoms with van der Waals surface area (Å²) in [6, 6.07) is 34.0. The maximum Gasteiger partial charge on any atom is 0.255 e. The zero-order chi connectivity index (χ0) is 21.0. The van der Waals surface area contributed by atoms with E-state index in [0.717, 1.165) is 32.9 Å². The van der Waals surface area contributed by atoms with Crippen LogP contribution in [-0.4, -0.2) is 10.9 Å². The van der Waals surface area contributed by atoms with E-state index in [9.17, 15) is 4.79 Å². The van der Waals surface area contributed by atoms with Crippen molar-refractivity contribution in [3.05, 3.63) is 120 Å². The molecule has 1 N–H and O–H groups in total. The molecule has 0 saturated heterocycles. The van der Waals surface area contributed by atoms with Gasteiger partial charge in [-0.3, -0.25) is 4.79 Å². The Morgan fingerprint density at radius 3 is 2.32 bits per heavy atom. The monoisotopic (exact) mass is 420 g/mol. The van der Waals surface area contributed by atoms with Gasteiger partial charge in [-0.15, -0.1) is 11.3 Å². The molecule has 1 amide bonds. The Labute approximate surface area is 185 Å². The molecule has 0 bridgehead atoms. The van der Waals surface area contributed by atoms with E-state index in [0.29, 0.717) is 5.56 Å². The molecular weight excluding hydrogens is 400 g/mol. The Balaban J connectivity index is 1.30. The summed E-state index contributed by atoms with van der Waals surface area (Å²) in [6.45, 7) is 0. The molecule has 0 aliphatic heterocycles. The maximum atomic E-state index is 12.7. The smallest absolute Gasteiger partial charge is 0.255 e. The van der Waals surface area contributed by atoms with Crippen molar-refractivity contribution in [2.75, 3.05) is 5.32 Å². The third-order valence-corrected chi connectivity index (χ3v) is 6.21. The fourth-order valence-electron chi connectivity index (χ4n) is 3.53. The highest BCUT2D eigenvalue weighted by molar-refractivity contribution is 7.21. The zero-order valence-electron chi connectivity index (χ0n) is 16.8. The first-order valence-corrected chi connectivity index (χ1v) is 11.0. The van der Waals surface area contributed by atoms with Gasteiger partial charge in [-0.25, -0.2) is 4.98 Å². The Morgan fingerprint density at radius 1 is 0.774 bits per heavy atom. The van der Waals surface area contributed by atoms with E-state index in [1.807, 2.05) is 84.9 Å². The average molecular weight is 421 g/mol. The van der Waals surface area contributed by atoms with Crippen LogP contribution in [0.3, 0.4) is 0 Å². The highest BCUT2D eigenvalue weighted by atomic mass is 32.1. The van der Waals surface area contributed by atoms with Gasteiger partial charge in [-0.05, 0) is 53.9 Å². The van der Waals surface area contributed by atoms with Crippen molar-refractivity contribution in [2.24, 2.45) is 0 Å². The first kappa shape index (κ1) is 19.2. The van der Waals surface area contributed by atoms with Crippen molar-refractivity contribution < 1.29 is 4.79 Å². The second-order valence-electron chi connectivity index (χ2n) is 7.38. The Kier molecular flexibility index (Phi) is 5.29. The Hall–Kier alpha value is -3.76. The van der Waals surface area contributed by atoms with Gasteiger partial charge in [0.05, 0.1) is 10.2 Å². The van der Waals surface area contributed by atoms with Gasteiger partial charge in [0.25, 0.3) is 5.91 Å². The van der Waals surface area contributed by atoms with Crippen LogP contribution in [0, 0.1) is 0 Å². The lowest BCUT2D eigenvalue weighted by Gasteiger charge is -2.08. The number of amides is 1. The number of thiazole rings is 1. The van der Waals surface area contributed by atoms with Crippen LogP contribution in [0.2, 0.25) is 0 Å². The molecule has 0 atom stereocenters. The maximum absolute atomic E-state index is 12.7. The predicted molar refractivity (Wildman–Crippen MR) is 129 cm³/mol. The van der Waals surface area contributed by atoms with Gasteiger partial charge in [-0.1, -0.05) is 66.7 Å². The van der Waals surface area contributed by atoms with Crippen LogP contribution in [0.15, 0.2) is 103 Å². The number of nitrogens with zero attached hydrogens (tertiary/aromatic N) is 1. The number of carbonyl (C=O) groups excluding carboxylic acids is 1. The molecule has 0 radical (unpaired) electrons. The van der Waals surface area contributed by atoms with E-state index in [2.05, 4.69) is 23.5 Å². The lowest BCUT2D eigenvalue weighted by Crippen LogP contribution is -2.11. The van der Waals surface area contributed by atoms with Gasteiger partial charge < -0.3 is 5.32 Å². The van der Waals surface area contributed by atoms with Crippen molar-refractivity contribution in [3.63, 3.8) is 0 Å². The van der Waals surface area contributed by atoms with Crippen molar-refractivity contribution >= 4 is 33.1 Å². The van der Waals surface area contributed by atoms with E-state index in [1.165, 1.54) is 11.1 Å². The van der Waals surface area contributed by atoms with Crippen molar-refractivity contribution in [1.82, 2.24) is 4.98 Å². The number of rotatable bonds is 5. The molecule has 0 unspecified atom stereocenters. The van der Waals surface area contributed by atoms with Crippen LogP contribution in [0.4, 0.5) is 5.69 Å². The number of nitrogens with one attached hydrogen (secondary N) is 1. The summed E-state index contributed by atoms with van der Waals surface area (Å²) in [6.07, 6.45) is 0.854. The molecule has 3 nitrogen and oxygen atoms in total. The van der Waals surface area contributed by atoms with Crippen LogP contribution < -0.4 is 5.32 Å². The van der Waals surface area contributed by atoms with E-state index in [-0.39, 0.29) is 5.91 Å². The molecular formula is C27H20N2OS. The molecule has 4 aromatic carbocycles. The number of fused-ring (bicyclic) bond motifs is 1. The van der Waals surface area contributed by atoms with Crippen LogP contribution in [0.5, 0.6) is 0 Å². The molecule has 4 heteroatoms. The highest BCUT2D eigenvalue weighted by Crippen LogP contribution is 2.31. The van der Waals surface area contributed by atoms with E-state index < -0.39 is 0 Å². The molecule has 1 aromatic heterocycles. The number of carbonyl (C=O) groups is 1. The number of anilines is 1. The normalized spacial score (nSPS) is 10.8. The minimum atomic E-state index is -0.118. The summed E-state index contributed by atoms with van der Waals surface area (Å²) >= 11 is 1.65. The van der Waals surface area contributed by atoms with Crippen molar-refractivity contribution in [3.8, 4) is 10.6 Å². The minimum absolute atomic E-state index is 0.118. The summed E-state index contributed by atoms with van der Waals surface area (Å²) in [4.78, 5) is 17.5. The first-order chi connectivity index (χ1) is 15.2. The Bertz CT molecular complexity index is 1310. The van der Waals surface area contributed by atoms with Crippen molar-refractivity contribution in [2.45, 2.75) is 6.42 Å². The quantitative estimate of drug-likeness (QED) is 0.339. The van der Waals surface area contributed by atoms with Gasteiger partial charge in [0.15, 0.2) is 0 Å². The molecule has 1 heterocycles. The molecule has 5 aromatic rings. The standard InChI is InChI=1S/C27H20N2OS/c30-26(21-15-13-20(14-16-21)17-19-7-2-1-3-8-19)28-23-10-6-9-22(18-23)27-29-24-11-4-5-12-25(24)31-27/h1-16,18H,17H2,(H,28,30). The second-order valence-corrected chi connectivity index (χ2v) is 8.41. The van der Waals surface area contributed by atoms with Gasteiger partial charge in [0.1, 0.15) is 5.01 Å². The number of aromatic nitrogens is 1. The number of hydrogen-bond acceptors (Lipinski definition) is 3. The molecule has 0 aliphatic rings. The molecule has 0 fully saturated rings. The van der Waals surface area contributed by atoms with Crippen LogP contribution in [-0.2, 0) is 6.42 Å². The number of hydrogen-bond donors (Lipinski definition) is 1. The Morgan fingerprint density at radius 2 is 1.52 bits per heavy atom. The SMILES string of the molecule is O=C(Nc1cccc(-c2nc3ccccc3s2)c1)c1ccc(Cc2ccccc2)cc1. The molecule has 150 valence electrons. The second kappa shape index (κ2) is 8.54. The largest absolute Gasteiger partial charge is 0.322 e. The minimum Gasteiger partial charge on any atom is -0.322 e. The summed E-state index contributed by atoms with van der Waals surface area (Å²) < 4.78 is 1.16. The fourth-order valence-corrected chi connectivity index (χ4v) is 4.50. The van der Waals surface area contributed by atoms with Crippen LogP contribution >= 0.6 is 11.3 Å². The predicted octanol–water partition coefficient (Wildman–Crippen LogP) is 6.81. The lowest BCUT2D eigenvalue weighted by atomic mass is 10.0. The summed E-state index contributed by atoms with van der Waals surface area (Å²) in [5.74, 6) is -0.118. The highest BCUT2D eigenvalue weighted by Gasteiger charge is 2.10. The van der Waals surface area contributed by atoms with Gasteiger partial charge in [0, 0.05) is 16.8 Å². The van der Waals surface area contributed by atoms with Gasteiger partial charge >= 0.3 is 0 Å². The van der Waals surface area contributed by atoms with E-state index >= 15 is 0 Å². The summed E-state index contributed by atoms with van der Waals surface area (Å²) in [5, 5.41) is 3.96. The summed E-state index contributed by atoms with van der Waals surface area (Å²) in [5.41, 5.74) is 5.83.